The summed E-state index contributed by atoms with van der Waals surface area (Å²) < 4.78 is 0. The van der Waals surface area contributed by atoms with Gasteiger partial charge in [-0.2, -0.15) is 0 Å². The molecule has 1 aliphatic rings. The van der Waals surface area contributed by atoms with Gasteiger partial charge >= 0.3 is 0 Å². The Balaban J connectivity index is 2.46. The van der Waals surface area contributed by atoms with Gasteiger partial charge in [0, 0.05) is 13.1 Å². The highest BCUT2D eigenvalue weighted by Crippen LogP contribution is 2.28. The van der Waals surface area contributed by atoms with E-state index in [2.05, 4.69) is 18.7 Å². The van der Waals surface area contributed by atoms with E-state index in [1.54, 1.807) is 0 Å². The summed E-state index contributed by atoms with van der Waals surface area (Å²) in [7, 11) is 0. The SMILES string of the molecule is CCC(CC)C1CCCN(CC(C)(C)O)C1. The number of piperidine rings is 1. The Labute approximate surface area is 101 Å². The molecule has 0 amide bonds. The highest BCUT2D eigenvalue weighted by molar-refractivity contribution is 4.81. The van der Waals surface area contributed by atoms with Gasteiger partial charge in [-0.3, -0.25) is 0 Å². The molecule has 1 aliphatic heterocycles. The van der Waals surface area contributed by atoms with Crippen molar-refractivity contribution in [1.29, 1.82) is 0 Å². The van der Waals surface area contributed by atoms with E-state index in [9.17, 15) is 5.11 Å². The molecule has 1 rings (SSSR count). The van der Waals surface area contributed by atoms with Gasteiger partial charge in [0.25, 0.3) is 0 Å². The van der Waals surface area contributed by atoms with Crippen LogP contribution in [0.15, 0.2) is 0 Å². The predicted molar refractivity (Wildman–Crippen MR) is 69.5 cm³/mol. The normalized spacial score (nSPS) is 24.0. The van der Waals surface area contributed by atoms with Gasteiger partial charge in [0.2, 0.25) is 0 Å². The van der Waals surface area contributed by atoms with E-state index < -0.39 is 5.60 Å². The third kappa shape index (κ3) is 4.42. The number of rotatable bonds is 5. The highest BCUT2D eigenvalue weighted by atomic mass is 16.3. The van der Waals surface area contributed by atoms with E-state index in [0.29, 0.717) is 0 Å². The standard InChI is InChI=1S/C14H29NO/c1-5-12(6-2)13-8-7-9-15(10-13)11-14(3,4)16/h12-13,16H,5-11H2,1-4H3. The summed E-state index contributed by atoms with van der Waals surface area (Å²) in [6, 6.07) is 0. The van der Waals surface area contributed by atoms with Gasteiger partial charge in [0.1, 0.15) is 0 Å². The zero-order valence-electron chi connectivity index (χ0n) is 11.5. The first-order valence-corrected chi connectivity index (χ1v) is 6.91. The van der Waals surface area contributed by atoms with Crippen molar-refractivity contribution in [2.24, 2.45) is 11.8 Å². The molecule has 1 saturated heterocycles. The number of aliphatic hydroxyl groups is 1. The largest absolute Gasteiger partial charge is 0.389 e. The number of hydrogen-bond acceptors (Lipinski definition) is 2. The third-order valence-corrected chi connectivity index (χ3v) is 3.87. The lowest BCUT2D eigenvalue weighted by molar-refractivity contribution is 0.0146. The van der Waals surface area contributed by atoms with Crippen molar-refractivity contribution in [2.75, 3.05) is 19.6 Å². The Bertz CT molecular complexity index is 193. The average Bonchev–Trinajstić information content (AvgIpc) is 2.17. The Morgan fingerprint density at radius 2 is 1.94 bits per heavy atom. The maximum atomic E-state index is 9.87. The molecule has 2 heteroatoms. The first kappa shape index (κ1) is 14.0. The van der Waals surface area contributed by atoms with Gasteiger partial charge in [-0.05, 0) is 45.1 Å². The van der Waals surface area contributed by atoms with Crippen molar-refractivity contribution in [1.82, 2.24) is 4.90 Å². The van der Waals surface area contributed by atoms with Gasteiger partial charge < -0.3 is 10.0 Å². The number of hydrogen-bond donors (Lipinski definition) is 1. The Hall–Kier alpha value is -0.0800. The van der Waals surface area contributed by atoms with Crippen LogP contribution in [0.2, 0.25) is 0 Å². The summed E-state index contributed by atoms with van der Waals surface area (Å²) in [6.07, 6.45) is 5.29. The molecule has 16 heavy (non-hydrogen) atoms. The van der Waals surface area contributed by atoms with Gasteiger partial charge in [-0.1, -0.05) is 26.7 Å². The second kappa shape index (κ2) is 6.02. The molecule has 0 aliphatic carbocycles. The molecule has 0 aromatic rings. The molecular weight excluding hydrogens is 198 g/mol. The molecule has 1 N–H and O–H groups in total. The van der Waals surface area contributed by atoms with Crippen LogP contribution in [0.1, 0.15) is 53.4 Å². The highest BCUT2D eigenvalue weighted by Gasteiger charge is 2.27. The molecule has 1 heterocycles. The van der Waals surface area contributed by atoms with E-state index in [-0.39, 0.29) is 0 Å². The van der Waals surface area contributed by atoms with Crippen molar-refractivity contribution in [3.63, 3.8) is 0 Å². The molecule has 1 unspecified atom stereocenters. The summed E-state index contributed by atoms with van der Waals surface area (Å²) >= 11 is 0. The lowest BCUT2D eigenvalue weighted by Crippen LogP contribution is -2.45. The number of β-amino-alcohol motifs (C(OH)–C–C–N with tert-alkyl or cyclic N) is 1. The second-order valence-corrected chi connectivity index (χ2v) is 6.03. The first-order valence-electron chi connectivity index (χ1n) is 6.91. The Morgan fingerprint density at radius 3 is 2.44 bits per heavy atom. The van der Waals surface area contributed by atoms with Crippen molar-refractivity contribution in [3.05, 3.63) is 0 Å². The molecule has 1 fully saturated rings. The van der Waals surface area contributed by atoms with Gasteiger partial charge in [0.15, 0.2) is 0 Å². The van der Waals surface area contributed by atoms with Gasteiger partial charge in [-0.25, -0.2) is 0 Å². The minimum absolute atomic E-state index is 0.546. The maximum Gasteiger partial charge on any atom is 0.0718 e. The smallest absolute Gasteiger partial charge is 0.0718 e. The van der Waals surface area contributed by atoms with Gasteiger partial charge in [-0.15, -0.1) is 0 Å². The molecule has 0 bridgehead atoms. The minimum atomic E-state index is -0.546. The predicted octanol–water partition coefficient (Wildman–Crippen LogP) is 2.91. The molecule has 2 nitrogen and oxygen atoms in total. The zero-order valence-corrected chi connectivity index (χ0v) is 11.5. The lowest BCUT2D eigenvalue weighted by atomic mass is 9.82. The van der Waals surface area contributed by atoms with Crippen LogP contribution >= 0.6 is 0 Å². The summed E-state index contributed by atoms with van der Waals surface area (Å²) in [5.74, 6) is 1.73. The van der Waals surface area contributed by atoms with E-state index in [0.717, 1.165) is 18.4 Å². The minimum Gasteiger partial charge on any atom is -0.389 e. The van der Waals surface area contributed by atoms with Crippen molar-refractivity contribution >= 4 is 0 Å². The van der Waals surface area contributed by atoms with Crippen LogP contribution < -0.4 is 0 Å². The van der Waals surface area contributed by atoms with E-state index >= 15 is 0 Å². The first-order chi connectivity index (χ1) is 7.46. The molecule has 0 aromatic carbocycles. The summed E-state index contributed by atoms with van der Waals surface area (Å²) in [5, 5.41) is 9.87. The molecule has 1 atom stereocenters. The van der Waals surface area contributed by atoms with Crippen LogP contribution in [0.4, 0.5) is 0 Å². The Morgan fingerprint density at radius 1 is 1.31 bits per heavy atom. The van der Waals surface area contributed by atoms with Crippen LogP contribution in [0.5, 0.6) is 0 Å². The number of likely N-dealkylation sites (tertiary alicyclic amines) is 1. The summed E-state index contributed by atoms with van der Waals surface area (Å²) in [6.45, 7) is 11.6. The van der Waals surface area contributed by atoms with Crippen LogP contribution in [-0.2, 0) is 0 Å². The fourth-order valence-electron chi connectivity index (χ4n) is 3.12. The van der Waals surface area contributed by atoms with Crippen LogP contribution in [0.3, 0.4) is 0 Å². The molecule has 0 aromatic heterocycles. The second-order valence-electron chi connectivity index (χ2n) is 6.03. The van der Waals surface area contributed by atoms with E-state index in [1.165, 1.54) is 38.8 Å². The maximum absolute atomic E-state index is 9.87. The lowest BCUT2D eigenvalue weighted by Gasteiger charge is -2.38. The van der Waals surface area contributed by atoms with Gasteiger partial charge in [0.05, 0.1) is 5.60 Å². The fraction of sp³-hybridized carbons (Fsp3) is 1.00. The van der Waals surface area contributed by atoms with E-state index in [1.807, 2.05) is 13.8 Å². The average molecular weight is 227 g/mol. The van der Waals surface area contributed by atoms with Crippen LogP contribution in [0.25, 0.3) is 0 Å². The Kier molecular flexibility index (Phi) is 5.26. The van der Waals surface area contributed by atoms with Crippen molar-refractivity contribution in [3.8, 4) is 0 Å². The van der Waals surface area contributed by atoms with Crippen LogP contribution in [-0.4, -0.2) is 35.2 Å². The third-order valence-electron chi connectivity index (χ3n) is 3.87. The monoisotopic (exact) mass is 227 g/mol. The molecule has 0 radical (unpaired) electrons. The number of nitrogens with zero attached hydrogens (tertiary/aromatic N) is 1. The summed E-state index contributed by atoms with van der Waals surface area (Å²) in [5.41, 5.74) is -0.546. The molecular formula is C14H29NO. The van der Waals surface area contributed by atoms with Crippen LogP contribution in [0, 0.1) is 11.8 Å². The molecule has 0 spiro atoms. The van der Waals surface area contributed by atoms with Crippen molar-refractivity contribution < 1.29 is 5.11 Å². The van der Waals surface area contributed by atoms with Crippen molar-refractivity contribution in [2.45, 2.75) is 59.0 Å². The zero-order chi connectivity index (χ0) is 12.2. The topological polar surface area (TPSA) is 23.5 Å². The quantitative estimate of drug-likeness (QED) is 0.780. The molecule has 0 saturated carbocycles. The van der Waals surface area contributed by atoms with E-state index in [4.69, 9.17) is 0 Å². The fourth-order valence-corrected chi connectivity index (χ4v) is 3.12. The molecule has 96 valence electrons. The summed E-state index contributed by atoms with van der Waals surface area (Å²) in [4.78, 5) is 2.45.